The van der Waals surface area contributed by atoms with E-state index in [-0.39, 0.29) is 17.4 Å². The number of carbonyl (C=O) groups excluding carboxylic acids is 1. The van der Waals surface area contributed by atoms with Crippen LogP contribution < -0.4 is 14.2 Å². The van der Waals surface area contributed by atoms with Gasteiger partial charge < -0.3 is 14.2 Å². The molecule has 0 spiro atoms. The molecular formula is C25H20FNO4. The smallest absolute Gasteiger partial charge is 0.231 e. The zero-order chi connectivity index (χ0) is 21.4. The van der Waals surface area contributed by atoms with Crippen molar-refractivity contribution in [3.05, 3.63) is 94.5 Å². The summed E-state index contributed by atoms with van der Waals surface area (Å²) in [4.78, 5) is 15.0. The Bertz CT molecular complexity index is 1190. The van der Waals surface area contributed by atoms with Crippen LogP contribution >= 0.6 is 0 Å². The molecule has 5 rings (SSSR count). The maximum Gasteiger partial charge on any atom is 0.231 e. The maximum absolute atomic E-state index is 13.2. The molecule has 6 heteroatoms. The highest BCUT2D eigenvalue weighted by Gasteiger charge is 2.33. The van der Waals surface area contributed by atoms with E-state index in [0.29, 0.717) is 42.6 Å². The first-order valence-corrected chi connectivity index (χ1v) is 9.95. The van der Waals surface area contributed by atoms with Crippen LogP contribution in [-0.4, -0.2) is 24.5 Å². The number of Topliss-reactive ketones (excluding diaryl/α,β-unsaturated/α-hetero) is 1. The van der Waals surface area contributed by atoms with Gasteiger partial charge in [-0.05, 0) is 42.0 Å². The average Bonchev–Trinajstić information content (AvgIpc) is 3.11. The van der Waals surface area contributed by atoms with Crippen LogP contribution in [0.3, 0.4) is 0 Å². The summed E-state index contributed by atoms with van der Waals surface area (Å²) in [6, 6.07) is 17.4. The molecule has 2 aliphatic rings. The molecule has 3 aromatic carbocycles. The molecule has 2 heterocycles. The number of methoxy groups -OCH3 is 1. The van der Waals surface area contributed by atoms with E-state index in [1.54, 1.807) is 31.4 Å². The number of para-hydroxylation sites is 1. The Labute approximate surface area is 179 Å². The minimum Gasteiger partial charge on any atom is -0.496 e. The number of fused-ring (bicyclic) bond motifs is 3. The fourth-order valence-electron chi connectivity index (χ4n) is 3.88. The van der Waals surface area contributed by atoms with Gasteiger partial charge in [-0.2, -0.15) is 0 Å². The van der Waals surface area contributed by atoms with Gasteiger partial charge in [0.25, 0.3) is 0 Å². The van der Waals surface area contributed by atoms with Crippen LogP contribution in [0, 0.1) is 5.82 Å². The van der Waals surface area contributed by atoms with Crippen molar-refractivity contribution in [2.75, 3.05) is 13.8 Å². The topological polar surface area (TPSA) is 48.0 Å². The Kier molecular flexibility index (Phi) is 4.92. The number of nitrogens with zero attached hydrogens (tertiary/aromatic N) is 1. The fourth-order valence-corrected chi connectivity index (χ4v) is 3.88. The minimum absolute atomic E-state index is 0.167. The molecule has 31 heavy (non-hydrogen) atoms. The zero-order valence-electron chi connectivity index (χ0n) is 16.9. The molecule has 0 amide bonds. The van der Waals surface area contributed by atoms with Crippen LogP contribution in [-0.2, 0) is 13.1 Å². The maximum atomic E-state index is 13.2. The van der Waals surface area contributed by atoms with Gasteiger partial charge in [-0.25, -0.2) is 4.39 Å². The summed E-state index contributed by atoms with van der Waals surface area (Å²) in [7, 11) is 1.59. The molecule has 0 bridgehead atoms. The Balaban J connectivity index is 1.43. The van der Waals surface area contributed by atoms with Crippen molar-refractivity contribution in [1.82, 2.24) is 4.90 Å². The molecule has 3 aromatic rings. The molecule has 2 aliphatic heterocycles. The van der Waals surface area contributed by atoms with Crippen molar-refractivity contribution >= 4 is 11.9 Å². The third-order valence-electron chi connectivity index (χ3n) is 5.43. The van der Waals surface area contributed by atoms with Crippen LogP contribution in [0.25, 0.3) is 6.08 Å². The Morgan fingerprint density at radius 2 is 1.90 bits per heavy atom. The molecule has 156 valence electrons. The van der Waals surface area contributed by atoms with Gasteiger partial charge in [-0.15, -0.1) is 0 Å². The Hall–Kier alpha value is -3.64. The molecule has 0 fully saturated rings. The number of carbonyl (C=O) groups is 1. The van der Waals surface area contributed by atoms with Crippen molar-refractivity contribution in [3.8, 4) is 17.2 Å². The largest absolute Gasteiger partial charge is 0.496 e. The second kappa shape index (κ2) is 7.89. The lowest BCUT2D eigenvalue weighted by atomic mass is 10.0. The summed E-state index contributed by atoms with van der Waals surface area (Å²) in [5.74, 6) is 1.73. The third kappa shape index (κ3) is 3.66. The number of hydrogen-bond acceptors (Lipinski definition) is 5. The number of ether oxygens (including phenoxy) is 3. The van der Waals surface area contributed by atoms with Gasteiger partial charge in [0.05, 0.1) is 18.2 Å². The standard InChI is InChI=1S/C25H20FNO4/c1-29-21-5-3-2-4-17(21)12-23-24(28)19-10-11-22-20(25(19)31-23)14-27(15-30-22)13-16-6-8-18(26)9-7-16/h2-12H,13-15H2,1H3/b23-12-. The van der Waals surface area contributed by atoms with Crippen molar-refractivity contribution in [2.24, 2.45) is 0 Å². The Morgan fingerprint density at radius 1 is 1.10 bits per heavy atom. The number of ketones is 1. The summed E-state index contributed by atoms with van der Waals surface area (Å²) in [5.41, 5.74) is 3.11. The zero-order valence-corrected chi connectivity index (χ0v) is 16.9. The van der Waals surface area contributed by atoms with Crippen molar-refractivity contribution in [1.29, 1.82) is 0 Å². The summed E-state index contributed by atoms with van der Waals surface area (Å²) < 4.78 is 30.5. The van der Waals surface area contributed by atoms with Gasteiger partial charge in [-0.1, -0.05) is 30.3 Å². The number of rotatable bonds is 4. The second-order valence-corrected chi connectivity index (χ2v) is 7.49. The van der Waals surface area contributed by atoms with Gasteiger partial charge in [-0.3, -0.25) is 9.69 Å². The van der Waals surface area contributed by atoms with Crippen molar-refractivity contribution < 1.29 is 23.4 Å². The average molecular weight is 417 g/mol. The predicted molar refractivity (Wildman–Crippen MR) is 114 cm³/mol. The highest BCUT2D eigenvalue weighted by Crippen LogP contribution is 2.42. The second-order valence-electron chi connectivity index (χ2n) is 7.49. The van der Waals surface area contributed by atoms with E-state index in [4.69, 9.17) is 14.2 Å². The molecule has 0 saturated heterocycles. The number of benzene rings is 3. The lowest BCUT2D eigenvalue weighted by Gasteiger charge is -2.29. The van der Waals surface area contributed by atoms with Gasteiger partial charge in [0.15, 0.2) is 5.76 Å². The first-order chi connectivity index (χ1) is 15.1. The molecule has 0 saturated carbocycles. The van der Waals surface area contributed by atoms with E-state index in [0.717, 1.165) is 16.7 Å². The first-order valence-electron chi connectivity index (χ1n) is 9.95. The van der Waals surface area contributed by atoms with Gasteiger partial charge in [0.2, 0.25) is 5.78 Å². The van der Waals surface area contributed by atoms with Crippen LogP contribution in [0.1, 0.15) is 27.0 Å². The molecule has 0 atom stereocenters. The van der Waals surface area contributed by atoms with Crippen LogP contribution in [0.15, 0.2) is 66.4 Å². The van der Waals surface area contributed by atoms with E-state index in [9.17, 15) is 9.18 Å². The monoisotopic (exact) mass is 417 g/mol. The van der Waals surface area contributed by atoms with Crippen molar-refractivity contribution in [2.45, 2.75) is 13.1 Å². The fraction of sp³-hybridized carbons (Fsp3) is 0.160. The molecule has 5 nitrogen and oxygen atoms in total. The number of hydrogen-bond donors (Lipinski definition) is 0. The van der Waals surface area contributed by atoms with Gasteiger partial charge in [0.1, 0.15) is 29.8 Å². The van der Waals surface area contributed by atoms with E-state index in [2.05, 4.69) is 4.90 Å². The normalized spacial score (nSPS) is 16.5. The predicted octanol–water partition coefficient (Wildman–Crippen LogP) is 4.80. The third-order valence-corrected chi connectivity index (χ3v) is 5.43. The van der Waals surface area contributed by atoms with Gasteiger partial charge in [0, 0.05) is 18.7 Å². The molecule has 0 unspecified atom stereocenters. The van der Waals surface area contributed by atoms with Gasteiger partial charge >= 0.3 is 0 Å². The Morgan fingerprint density at radius 3 is 2.71 bits per heavy atom. The summed E-state index contributed by atoms with van der Waals surface area (Å²) in [6.45, 7) is 1.56. The molecule has 0 aliphatic carbocycles. The molecular weight excluding hydrogens is 397 g/mol. The lowest BCUT2D eigenvalue weighted by Crippen LogP contribution is -2.31. The van der Waals surface area contributed by atoms with Crippen LogP contribution in [0.5, 0.6) is 17.2 Å². The molecule has 0 radical (unpaired) electrons. The van der Waals surface area contributed by atoms with E-state index >= 15 is 0 Å². The van der Waals surface area contributed by atoms with Crippen molar-refractivity contribution in [3.63, 3.8) is 0 Å². The van der Waals surface area contributed by atoms with E-state index in [1.807, 2.05) is 30.3 Å². The van der Waals surface area contributed by atoms with Crippen LogP contribution in [0.4, 0.5) is 4.39 Å². The minimum atomic E-state index is -0.261. The summed E-state index contributed by atoms with van der Waals surface area (Å²) in [6.07, 6.45) is 1.70. The first kappa shape index (κ1) is 19.3. The summed E-state index contributed by atoms with van der Waals surface area (Å²) >= 11 is 0. The van der Waals surface area contributed by atoms with Crippen LogP contribution in [0.2, 0.25) is 0 Å². The van der Waals surface area contributed by atoms with E-state index < -0.39 is 0 Å². The highest BCUT2D eigenvalue weighted by molar-refractivity contribution is 6.15. The number of allylic oxidation sites excluding steroid dienone is 1. The highest BCUT2D eigenvalue weighted by atomic mass is 19.1. The molecule has 0 aromatic heterocycles. The number of halogens is 1. The van der Waals surface area contributed by atoms with E-state index in [1.165, 1.54) is 12.1 Å². The SMILES string of the molecule is COc1ccccc1/C=C1\Oc2c(ccc3c2CN(Cc2ccc(F)cc2)CO3)C1=O. The summed E-state index contributed by atoms with van der Waals surface area (Å²) in [5, 5.41) is 0. The quantitative estimate of drug-likeness (QED) is 0.571. The lowest BCUT2D eigenvalue weighted by molar-refractivity contribution is 0.0872. The molecule has 0 N–H and O–H groups in total.